The van der Waals surface area contributed by atoms with Gasteiger partial charge < -0.3 is 5.11 Å². The molecular formula is C25H23F8NO4S. The maximum Gasteiger partial charge on any atom is 0.435 e. The molecule has 1 N–H and O–H groups in total. The van der Waals surface area contributed by atoms with Crippen LogP contribution in [0.1, 0.15) is 42.4 Å². The largest absolute Gasteiger partial charge is 0.481 e. The highest BCUT2D eigenvalue weighted by Crippen LogP contribution is 2.56. The van der Waals surface area contributed by atoms with E-state index in [1.54, 1.807) is 4.90 Å². The van der Waals surface area contributed by atoms with Crippen molar-refractivity contribution in [1.82, 2.24) is 4.90 Å². The summed E-state index contributed by atoms with van der Waals surface area (Å²) in [5, 5.41) is 8.97. The van der Waals surface area contributed by atoms with Gasteiger partial charge in [0.15, 0.2) is 9.84 Å². The van der Waals surface area contributed by atoms with Crippen LogP contribution >= 0.6 is 0 Å². The third-order valence-corrected chi connectivity index (χ3v) is 10.2. The first kappa shape index (κ1) is 29.2. The van der Waals surface area contributed by atoms with Crippen molar-refractivity contribution in [2.45, 2.75) is 65.8 Å². The second-order valence-corrected chi connectivity index (χ2v) is 11.9. The highest BCUT2D eigenvalue weighted by Gasteiger charge is 2.73. The number of rotatable bonds is 7. The molecule has 0 aromatic heterocycles. The monoisotopic (exact) mass is 585 g/mol. The lowest BCUT2D eigenvalue weighted by atomic mass is 9.76. The van der Waals surface area contributed by atoms with Crippen molar-refractivity contribution >= 4 is 15.8 Å². The maximum atomic E-state index is 14.8. The molecule has 0 amide bonds. The summed E-state index contributed by atoms with van der Waals surface area (Å²) in [5.74, 6) is -1.79. The van der Waals surface area contributed by atoms with Gasteiger partial charge in [-0.05, 0) is 67.6 Å². The lowest BCUT2D eigenvalue weighted by Gasteiger charge is -2.43. The highest BCUT2D eigenvalue weighted by molar-refractivity contribution is 7.92. The molecule has 14 heteroatoms. The Bertz CT molecular complexity index is 1340. The third kappa shape index (κ3) is 4.58. The minimum Gasteiger partial charge on any atom is -0.481 e. The Morgan fingerprint density at radius 3 is 2.18 bits per heavy atom. The summed E-state index contributed by atoms with van der Waals surface area (Å²) >= 11 is 0. The summed E-state index contributed by atoms with van der Waals surface area (Å²) in [6, 6.07) is 4.62. The standard InChI is InChI=1S/C25H23F8NO4S/c26-17-5-7-18(8-6-17)39(37,38)22-11-13-34(12-1-2-21(35)36)20(22)10-3-15-14-16(4-9-19(15)22)23(27,24(28,29)30)25(31,32)33/h4-9,14,20H,1-3,10-13H2,(H,35,36)/t20-,22-/m0/s1. The number of nitrogens with zero attached hydrogens (tertiary/aromatic N) is 1. The molecule has 0 saturated carbocycles. The van der Waals surface area contributed by atoms with E-state index in [2.05, 4.69) is 0 Å². The van der Waals surface area contributed by atoms with Crippen LogP contribution in [0.2, 0.25) is 0 Å². The molecule has 1 heterocycles. The van der Waals surface area contributed by atoms with Gasteiger partial charge in [0.1, 0.15) is 10.6 Å². The SMILES string of the molecule is O=C(O)CCCN1CC[C@]2(S(=O)(=O)c3ccc(F)cc3)c3ccc(C(F)(C(F)(F)F)C(F)(F)F)cc3CC[C@H]12. The van der Waals surface area contributed by atoms with Crippen LogP contribution in [0.3, 0.4) is 0 Å². The van der Waals surface area contributed by atoms with Crippen molar-refractivity contribution in [2.75, 3.05) is 13.1 Å². The molecule has 1 aliphatic carbocycles. The van der Waals surface area contributed by atoms with Crippen molar-refractivity contribution in [2.24, 2.45) is 0 Å². The maximum absolute atomic E-state index is 14.8. The molecule has 2 aliphatic rings. The molecule has 2 atom stereocenters. The summed E-state index contributed by atoms with van der Waals surface area (Å²) in [6.45, 7) is 0.324. The van der Waals surface area contributed by atoms with Crippen LogP contribution in [0.5, 0.6) is 0 Å². The Morgan fingerprint density at radius 2 is 1.62 bits per heavy atom. The van der Waals surface area contributed by atoms with Gasteiger partial charge in [0, 0.05) is 24.6 Å². The molecule has 0 bridgehead atoms. The number of carboxylic acids is 1. The summed E-state index contributed by atoms with van der Waals surface area (Å²) in [6.07, 6.45) is -13.0. The van der Waals surface area contributed by atoms with E-state index < -0.39 is 56.0 Å². The zero-order valence-electron chi connectivity index (χ0n) is 20.1. The molecule has 1 saturated heterocycles. The smallest absolute Gasteiger partial charge is 0.435 e. The number of benzene rings is 2. The Balaban J connectivity index is 1.88. The fourth-order valence-corrected chi connectivity index (χ4v) is 8.24. The lowest BCUT2D eigenvalue weighted by Crippen LogP contribution is -2.52. The molecule has 2 aromatic rings. The quantitative estimate of drug-likeness (QED) is 0.335. The van der Waals surface area contributed by atoms with E-state index in [9.17, 15) is 48.3 Å². The van der Waals surface area contributed by atoms with Crippen LogP contribution in [0.15, 0.2) is 47.4 Å². The Hall–Kier alpha value is -2.74. The Morgan fingerprint density at radius 1 is 1.00 bits per heavy atom. The number of fused-ring (bicyclic) bond motifs is 3. The number of hydrogen-bond donors (Lipinski definition) is 1. The Labute approximate surface area is 218 Å². The number of halogens is 8. The van der Waals surface area contributed by atoms with Gasteiger partial charge in [-0.2, -0.15) is 26.3 Å². The van der Waals surface area contributed by atoms with E-state index in [1.165, 1.54) is 0 Å². The topological polar surface area (TPSA) is 74.7 Å². The van der Waals surface area contributed by atoms with Crippen molar-refractivity contribution in [3.63, 3.8) is 0 Å². The van der Waals surface area contributed by atoms with Gasteiger partial charge in [0.05, 0.1) is 4.90 Å². The fraction of sp³-hybridized carbons (Fsp3) is 0.480. The van der Waals surface area contributed by atoms with Gasteiger partial charge in [-0.25, -0.2) is 17.2 Å². The van der Waals surface area contributed by atoms with Crippen molar-refractivity contribution < 1.29 is 53.4 Å². The average molecular weight is 586 g/mol. The summed E-state index contributed by atoms with van der Waals surface area (Å²) in [4.78, 5) is 12.4. The minimum atomic E-state index is -6.33. The van der Waals surface area contributed by atoms with E-state index >= 15 is 0 Å². The van der Waals surface area contributed by atoms with Crippen molar-refractivity contribution in [3.8, 4) is 0 Å². The number of aryl methyl sites for hydroxylation is 1. The van der Waals surface area contributed by atoms with Gasteiger partial charge in [-0.15, -0.1) is 0 Å². The summed E-state index contributed by atoms with van der Waals surface area (Å²) in [7, 11) is -4.43. The molecule has 2 aromatic carbocycles. The number of carboxylic acid groups (broad SMARTS) is 1. The first-order valence-electron chi connectivity index (χ1n) is 11.9. The van der Waals surface area contributed by atoms with E-state index in [-0.39, 0.29) is 61.2 Å². The first-order valence-corrected chi connectivity index (χ1v) is 13.4. The molecule has 0 unspecified atom stereocenters. The van der Waals surface area contributed by atoms with E-state index in [0.717, 1.165) is 30.3 Å². The molecule has 0 spiro atoms. The zero-order valence-corrected chi connectivity index (χ0v) is 20.9. The first-order chi connectivity index (χ1) is 18.0. The fourth-order valence-electron chi connectivity index (χ4n) is 5.85. The molecular weight excluding hydrogens is 562 g/mol. The van der Waals surface area contributed by atoms with Gasteiger partial charge in [0.2, 0.25) is 0 Å². The summed E-state index contributed by atoms with van der Waals surface area (Å²) in [5.41, 5.74) is -7.60. The van der Waals surface area contributed by atoms with E-state index in [0.29, 0.717) is 12.1 Å². The average Bonchev–Trinajstić information content (AvgIpc) is 3.22. The van der Waals surface area contributed by atoms with Gasteiger partial charge in [-0.3, -0.25) is 9.69 Å². The second kappa shape index (κ2) is 9.72. The molecule has 0 radical (unpaired) electrons. The number of likely N-dealkylation sites (tertiary alicyclic amines) is 1. The number of hydrogen-bond acceptors (Lipinski definition) is 4. The van der Waals surface area contributed by atoms with Crippen LogP contribution < -0.4 is 0 Å². The van der Waals surface area contributed by atoms with Crippen LogP contribution in [-0.4, -0.2) is 55.9 Å². The van der Waals surface area contributed by atoms with E-state index in [4.69, 9.17) is 5.11 Å². The van der Waals surface area contributed by atoms with Crippen LogP contribution in [0.25, 0.3) is 0 Å². The van der Waals surface area contributed by atoms with Crippen LogP contribution in [-0.2, 0) is 31.5 Å². The van der Waals surface area contributed by atoms with Gasteiger partial charge >= 0.3 is 24.0 Å². The molecule has 214 valence electrons. The number of alkyl halides is 7. The third-order valence-electron chi connectivity index (χ3n) is 7.62. The summed E-state index contributed by atoms with van der Waals surface area (Å²) < 4.78 is 135. The molecule has 5 nitrogen and oxygen atoms in total. The Kier molecular flexibility index (Phi) is 7.29. The lowest BCUT2D eigenvalue weighted by molar-refractivity contribution is -0.348. The zero-order chi connectivity index (χ0) is 29.0. The molecule has 1 fully saturated rings. The van der Waals surface area contributed by atoms with Crippen LogP contribution in [0, 0.1) is 5.82 Å². The van der Waals surface area contributed by atoms with Crippen molar-refractivity contribution in [3.05, 3.63) is 65.0 Å². The van der Waals surface area contributed by atoms with E-state index in [1.807, 2.05) is 0 Å². The predicted octanol–water partition coefficient (Wildman–Crippen LogP) is 5.67. The number of sulfone groups is 1. The molecule has 4 rings (SSSR count). The van der Waals surface area contributed by atoms with Gasteiger partial charge in [0.25, 0.3) is 0 Å². The van der Waals surface area contributed by atoms with Crippen LogP contribution in [0.4, 0.5) is 35.1 Å². The molecule has 1 aliphatic heterocycles. The minimum absolute atomic E-state index is 0.0126. The predicted molar refractivity (Wildman–Crippen MR) is 122 cm³/mol. The van der Waals surface area contributed by atoms with Gasteiger partial charge in [-0.1, -0.05) is 18.2 Å². The number of carbonyl (C=O) groups is 1. The van der Waals surface area contributed by atoms with Crippen molar-refractivity contribution in [1.29, 1.82) is 0 Å². The second-order valence-electron chi connectivity index (χ2n) is 9.71. The highest BCUT2D eigenvalue weighted by atomic mass is 32.2. The number of aliphatic carboxylic acids is 1. The molecule has 39 heavy (non-hydrogen) atoms. The normalized spacial score (nSPS) is 22.4.